The Labute approximate surface area is 97.4 Å². The molecule has 1 rings (SSSR count). The Kier molecular flexibility index (Phi) is 4.15. The minimum Gasteiger partial charge on any atom is -0.481 e. The van der Waals surface area contributed by atoms with Crippen molar-refractivity contribution in [2.24, 2.45) is 0 Å². The van der Waals surface area contributed by atoms with Crippen molar-refractivity contribution in [3.05, 3.63) is 28.2 Å². The summed E-state index contributed by atoms with van der Waals surface area (Å²) in [5.74, 6) is -1.32. The number of hydrogen-bond donors (Lipinski definition) is 2. The van der Waals surface area contributed by atoms with Gasteiger partial charge in [0.25, 0.3) is 0 Å². The summed E-state index contributed by atoms with van der Waals surface area (Å²) in [7, 11) is 0. The third kappa shape index (κ3) is 2.96. The standard InChI is InChI=1S/C11H14BrNO2/c1-2-3-8(11(14)15)9-6-7(12)4-5-10(9)13/h4-6,8H,2-3,13H2,1H3,(H,14,15). The first-order valence-electron chi connectivity index (χ1n) is 4.84. The third-order valence-electron chi connectivity index (χ3n) is 2.30. The molecule has 0 aliphatic carbocycles. The lowest BCUT2D eigenvalue weighted by molar-refractivity contribution is -0.139. The minimum atomic E-state index is -0.818. The van der Waals surface area contributed by atoms with Crippen molar-refractivity contribution in [1.29, 1.82) is 0 Å². The average molecular weight is 272 g/mol. The molecule has 3 N–H and O–H groups in total. The summed E-state index contributed by atoms with van der Waals surface area (Å²) in [6, 6.07) is 5.32. The number of benzene rings is 1. The second-order valence-electron chi connectivity index (χ2n) is 3.45. The van der Waals surface area contributed by atoms with Crippen LogP contribution in [0.1, 0.15) is 31.2 Å². The molecule has 0 bridgehead atoms. The first-order valence-corrected chi connectivity index (χ1v) is 5.63. The number of nitrogens with two attached hydrogens (primary N) is 1. The van der Waals surface area contributed by atoms with Crippen LogP contribution in [0.3, 0.4) is 0 Å². The van der Waals surface area contributed by atoms with E-state index in [2.05, 4.69) is 15.9 Å². The van der Waals surface area contributed by atoms with Crippen LogP contribution in [-0.2, 0) is 4.79 Å². The topological polar surface area (TPSA) is 63.3 Å². The van der Waals surface area contributed by atoms with Gasteiger partial charge in [0.05, 0.1) is 5.92 Å². The zero-order valence-corrected chi connectivity index (χ0v) is 10.1. The number of carbonyl (C=O) groups is 1. The van der Waals surface area contributed by atoms with Gasteiger partial charge in [-0.05, 0) is 30.2 Å². The van der Waals surface area contributed by atoms with Gasteiger partial charge in [0.1, 0.15) is 0 Å². The number of hydrogen-bond acceptors (Lipinski definition) is 2. The largest absolute Gasteiger partial charge is 0.481 e. The van der Waals surface area contributed by atoms with Gasteiger partial charge in [-0.1, -0.05) is 29.3 Å². The van der Waals surface area contributed by atoms with Crippen LogP contribution in [0.4, 0.5) is 5.69 Å². The van der Waals surface area contributed by atoms with E-state index in [1.165, 1.54) is 0 Å². The summed E-state index contributed by atoms with van der Waals surface area (Å²) in [6.45, 7) is 1.96. The molecule has 1 atom stereocenters. The summed E-state index contributed by atoms with van der Waals surface area (Å²) in [5.41, 5.74) is 7.01. The van der Waals surface area contributed by atoms with Gasteiger partial charge in [-0.15, -0.1) is 0 Å². The first kappa shape index (κ1) is 12.0. The van der Waals surface area contributed by atoms with Gasteiger partial charge in [0, 0.05) is 10.2 Å². The third-order valence-corrected chi connectivity index (χ3v) is 2.79. The number of anilines is 1. The summed E-state index contributed by atoms with van der Waals surface area (Å²) >= 11 is 3.32. The second-order valence-corrected chi connectivity index (χ2v) is 4.37. The molecule has 3 nitrogen and oxygen atoms in total. The molecule has 0 heterocycles. The minimum absolute atomic E-state index is 0.507. The van der Waals surface area contributed by atoms with Gasteiger partial charge in [-0.3, -0.25) is 4.79 Å². The fourth-order valence-electron chi connectivity index (χ4n) is 1.55. The van der Waals surface area contributed by atoms with Crippen LogP contribution in [0, 0.1) is 0 Å². The van der Waals surface area contributed by atoms with Gasteiger partial charge >= 0.3 is 5.97 Å². The van der Waals surface area contributed by atoms with Crippen molar-refractivity contribution in [2.45, 2.75) is 25.7 Å². The summed E-state index contributed by atoms with van der Waals surface area (Å²) < 4.78 is 0.856. The van der Waals surface area contributed by atoms with Crippen LogP contribution in [0.15, 0.2) is 22.7 Å². The van der Waals surface area contributed by atoms with Crippen molar-refractivity contribution in [2.75, 3.05) is 5.73 Å². The van der Waals surface area contributed by atoms with Crippen molar-refractivity contribution in [1.82, 2.24) is 0 Å². The number of carboxylic acids is 1. The molecule has 15 heavy (non-hydrogen) atoms. The van der Waals surface area contributed by atoms with E-state index in [4.69, 9.17) is 10.8 Å². The SMILES string of the molecule is CCCC(C(=O)O)c1cc(Br)ccc1N. The van der Waals surface area contributed by atoms with E-state index < -0.39 is 11.9 Å². The van der Waals surface area contributed by atoms with Gasteiger partial charge in [-0.25, -0.2) is 0 Å². The molecule has 1 aromatic rings. The van der Waals surface area contributed by atoms with E-state index in [9.17, 15) is 4.79 Å². The number of carboxylic acid groups (broad SMARTS) is 1. The smallest absolute Gasteiger partial charge is 0.311 e. The highest BCUT2D eigenvalue weighted by Gasteiger charge is 2.21. The fourth-order valence-corrected chi connectivity index (χ4v) is 1.93. The lowest BCUT2D eigenvalue weighted by Crippen LogP contribution is -2.13. The Hall–Kier alpha value is -1.03. The molecule has 0 spiro atoms. The monoisotopic (exact) mass is 271 g/mol. The summed E-state index contributed by atoms with van der Waals surface area (Å²) in [6.07, 6.45) is 1.43. The van der Waals surface area contributed by atoms with Crippen LogP contribution < -0.4 is 5.73 Å². The van der Waals surface area contributed by atoms with Crippen molar-refractivity contribution >= 4 is 27.6 Å². The highest BCUT2D eigenvalue weighted by Crippen LogP contribution is 2.29. The van der Waals surface area contributed by atoms with E-state index in [0.29, 0.717) is 17.7 Å². The number of aliphatic carboxylic acids is 1. The van der Waals surface area contributed by atoms with E-state index in [0.717, 1.165) is 10.9 Å². The predicted molar refractivity (Wildman–Crippen MR) is 63.8 cm³/mol. The normalized spacial score (nSPS) is 12.4. The molecule has 0 aromatic heterocycles. The Bertz CT molecular complexity index is 366. The Balaban J connectivity index is 3.09. The van der Waals surface area contributed by atoms with Crippen LogP contribution in [0.2, 0.25) is 0 Å². The zero-order chi connectivity index (χ0) is 11.4. The molecule has 0 amide bonds. The number of halogens is 1. The molecule has 82 valence electrons. The number of nitrogen functional groups attached to an aromatic ring is 1. The van der Waals surface area contributed by atoms with Crippen LogP contribution in [-0.4, -0.2) is 11.1 Å². The van der Waals surface area contributed by atoms with Gasteiger partial charge < -0.3 is 10.8 Å². The van der Waals surface area contributed by atoms with Gasteiger partial charge in [-0.2, -0.15) is 0 Å². The molecule has 1 aromatic carbocycles. The maximum atomic E-state index is 11.1. The number of rotatable bonds is 4. The van der Waals surface area contributed by atoms with Crippen LogP contribution in [0.5, 0.6) is 0 Å². The molecule has 1 unspecified atom stereocenters. The highest BCUT2D eigenvalue weighted by atomic mass is 79.9. The van der Waals surface area contributed by atoms with E-state index in [1.54, 1.807) is 12.1 Å². The lowest BCUT2D eigenvalue weighted by atomic mass is 9.93. The van der Waals surface area contributed by atoms with Crippen molar-refractivity contribution in [3.8, 4) is 0 Å². The van der Waals surface area contributed by atoms with Gasteiger partial charge in [0.15, 0.2) is 0 Å². The summed E-state index contributed by atoms with van der Waals surface area (Å²) in [5, 5.41) is 9.10. The molecule has 0 aliphatic heterocycles. The Morgan fingerprint density at radius 3 is 2.80 bits per heavy atom. The van der Waals surface area contributed by atoms with E-state index in [-0.39, 0.29) is 0 Å². The molecule has 0 fully saturated rings. The molecule has 0 radical (unpaired) electrons. The molecule has 0 saturated carbocycles. The zero-order valence-electron chi connectivity index (χ0n) is 8.53. The predicted octanol–water partition coefficient (Wildman–Crippen LogP) is 3.00. The Morgan fingerprint density at radius 2 is 2.27 bits per heavy atom. The highest BCUT2D eigenvalue weighted by molar-refractivity contribution is 9.10. The quantitative estimate of drug-likeness (QED) is 0.828. The molecule has 0 aliphatic rings. The van der Waals surface area contributed by atoms with Crippen molar-refractivity contribution in [3.63, 3.8) is 0 Å². The molecular formula is C11H14BrNO2. The van der Waals surface area contributed by atoms with Crippen molar-refractivity contribution < 1.29 is 9.90 Å². The second kappa shape index (κ2) is 5.16. The maximum absolute atomic E-state index is 11.1. The Morgan fingerprint density at radius 1 is 1.60 bits per heavy atom. The van der Waals surface area contributed by atoms with Crippen LogP contribution >= 0.6 is 15.9 Å². The fraction of sp³-hybridized carbons (Fsp3) is 0.364. The average Bonchev–Trinajstić information content (AvgIpc) is 2.18. The first-order chi connectivity index (χ1) is 7.06. The summed E-state index contributed by atoms with van der Waals surface area (Å²) in [4.78, 5) is 11.1. The molecular weight excluding hydrogens is 258 g/mol. The maximum Gasteiger partial charge on any atom is 0.311 e. The van der Waals surface area contributed by atoms with E-state index in [1.807, 2.05) is 13.0 Å². The molecule has 4 heteroatoms. The lowest BCUT2D eigenvalue weighted by Gasteiger charge is -2.14. The molecule has 0 saturated heterocycles. The van der Waals surface area contributed by atoms with E-state index >= 15 is 0 Å². The van der Waals surface area contributed by atoms with Crippen LogP contribution in [0.25, 0.3) is 0 Å². The van der Waals surface area contributed by atoms with Gasteiger partial charge in [0.2, 0.25) is 0 Å².